The Kier molecular flexibility index (Phi) is 5.42. The smallest absolute Gasteiger partial charge is 0.339 e. The van der Waals surface area contributed by atoms with Crippen LogP contribution >= 0.6 is 11.6 Å². The summed E-state index contributed by atoms with van der Waals surface area (Å²) in [5.41, 5.74) is -1.36. The third-order valence-electron chi connectivity index (χ3n) is 4.20. The summed E-state index contributed by atoms with van der Waals surface area (Å²) in [4.78, 5) is 25.8. The molecule has 0 aliphatic carbocycles. The molecule has 0 bridgehead atoms. The molecule has 1 aromatic rings. The first-order chi connectivity index (χ1) is 11.1. The van der Waals surface area contributed by atoms with Crippen LogP contribution in [0.3, 0.4) is 0 Å². The summed E-state index contributed by atoms with van der Waals surface area (Å²) in [5.74, 6) is -1.41. The predicted molar refractivity (Wildman–Crippen MR) is 84.7 cm³/mol. The first kappa shape index (κ1) is 18.6. The molecule has 0 aromatic heterocycles. The molecule has 2 rings (SSSR count). The van der Waals surface area contributed by atoms with Crippen molar-refractivity contribution in [3.05, 3.63) is 28.8 Å². The van der Waals surface area contributed by atoms with Crippen LogP contribution in [0, 0.1) is 5.92 Å². The van der Waals surface area contributed by atoms with E-state index in [9.17, 15) is 22.8 Å². The maximum atomic E-state index is 13.1. The highest BCUT2D eigenvalue weighted by Crippen LogP contribution is 2.37. The number of amides is 2. The van der Waals surface area contributed by atoms with Crippen LogP contribution in [0.2, 0.25) is 5.02 Å². The Bertz CT molecular complexity index is 649. The summed E-state index contributed by atoms with van der Waals surface area (Å²) >= 11 is 5.61. The van der Waals surface area contributed by atoms with Crippen LogP contribution < -0.4 is 5.32 Å². The first-order valence-electron chi connectivity index (χ1n) is 7.60. The SMILES string of the molecule is CCC(C)N1CC(C(=O)Nc2ccc(Cl)cc2C(F)(F)F)CC1=O. The minimum Gasteiger partial charge on any atom is -0.339 e. The standard InChI is InChI=1S/C16H18ClF3N2O2/c1-3-9(2)22-8-10(6-14(22)23)15(24)21-13-5-4-11(17)7-12(13)16(18,19)20/h4-5,7,9-10H,3,6,8H2,1-2H3,(H,21,24). The van der Waals surface area contributed by atoms with Gasteiger partial charge in [0, 0.05) is 24.0 Å². The highest BCUT2D eigenvalue weighted by atomic mass is 35.5. The van der Waals surface area contributed by atoms with E-state index < -0.39 is 23.6 Å². The van der Waals surface area contributed by atoms with E-state index in [0.717, 1.165) is 18.6 Å². The molecule has 1 heterocycles. The van der Waals surface area contributed by atoms with Gasteiger partial charge in [0.2, 0.25) is 11.8 Å². The quantitative estimate of drug-likeness (QED) is 0.881. The third kappa shape index (κ3) is 4.01. The van der Waals surface area contributed by atoms with Crippen molar-refractivity contribution in [3.8, 4) is 0 Å². The number of likely N-dealkylation sites (tertiary alicyclic amines) is 1. The van der Waals surface area contributed by atoms with E-state index in [4.69, 9.17) is 11.6 Å². The Balaban J connectivity index is 2.15. The van der Waals surface area contributed by atoms with Gasteiger partial charge in [0.1, 0.15) is 0 Å². The number of carbonyl (C=O) groups is 2. The molecule has 4 nitrogen and oxygen atoms in total. The molecular formula is C16H18ClF3N2O2. The fraction of sp³-hybridized carbons (Fsp3) is 0.500. The second-order valence-electron chi connectivity index (χ2n) is 5.88. The molecule has 24 heavy (non-hydrogen) atoms. The average molecular weight is 363 g/mol. The maximum Gasteiger partial charge on any atom is 0.418 e. The summed E-state index contributed by atoms with van der Waals surface area (Å²) < 4.78 is 39.2. The van der Waals surface area contributed by atoms with Crippen molar-refractivity contribution in [2.45, 2.75) is 38.9 Å². The topological polar surface area (TPSA) is 49.4 Å². The van der Waals surface area contributed by atoms with E-state index in [2.05, 4.69) is 5.32 Å². The number of halogens is 4. The fourth-order valence-corrected chi connectivity index (χ4v) is 2.82. The molecule has 1 saturated heterocycles. The van der Waals surface area contributed by atoms with Gasteiger partial charge in [0.15, 0.2) is 0 Å². The van der Waals surface area contributed by atoms with Gasteiger partial charge in [-0.05, 0) is 31.5 Å². The van der Waals surface area contributed by atoms with Crippen LogP contribution in [0.1, 0.15) is 32.3 Å². The Hall–Kier alpha value is -1.76. The Morgan fingerprint density at radius 1 is 1.46 bits per heavy atom. The van der Waals surface area contributed by atoms with Crippen molar-refractivity contribution < 1.29 is 22.8 Å². The van der Waals surface area contributed by atoms with Gasteiger partial charge in [0.05, 0.1) is 17.2 Å². The van der Waals surface area contributed by atoms with Crippen LogP contribution in [0.4, 0.5) is 18.9 Å². The van der Waals surface area contributed by atoms with Gasteiger partial charge in [-0.15, -0.1) is 0 Å². The molecule has 1 aliphatic heterocycles. The molecule has 1 aromatic carbocycles. The number of rotatable bonds is 4. The molecule has 2 atom stereocenters. The lowest BCUT2D eigenvalue weighted by Gasteiger charge is -2.23. The van der Waals surface area contributed by atoms with Gasteiger partial charge in [0.25, 0.3) is 0 Å². The highest BCUT2D eigenvalue weighted by molar-refractivity contribution is 6.30. The summed E-state index contributed by atoms with van der Waals surface area (Å²) in [6, 6.07) is 3.16. The van der Waals surface area contributed by atoms with Crippen LogP contribution in [0.25, 0.3) is 0 Å². The van der Waals surface area contributed by atoms with E-state index in [1.807, 2.05) is 13.8 Å². The summed E-state index contributed by atoms with van der Waals surface area (Å²) in [6.07, 6.45) is -3.89. The molecular weight excluding hydrogens is 345 g/mol. The van der Waals surface area contributed by atoms with Crippen molar-refractivity contribution in [2.75, 3.05) is 11.9 Å². The Morgan fingerprint density at radius 2 is 2.12 bits per heavy atom. The average Bonchev–Trinajstić information content (AvgIpc) is 2.89. The van der Waals surface area contributed by atoms with Gasteiger partial charge in [-0.2, -0.15) is 13.2 Å². The zero-order chi connectivity index (χ0) is 18.1. The number of hydrogen-bond acceptors (Lipinski definition) is 2. The second kappa shape index (κ2) is 7.01. The van der Waals surface area contributed by atoms with Crippen molar-refractivity contribution in [3.63, 3.8) is 0 Å². The molecule has 132 valence electrons. The monoisotopic (exact) mass is 362 g/mol. The van der Waals surface area contributed by atoms with E-state index in [-0.39, 0.29) is 35.6 Å². The second-order valence-corrected chi connectivity index (χ2v) is 6.32. The largest absolute Gasteiger partial charge is 0.418 e. The van der Waals surface area contributed by atoms with Crippen LogP contribution in [0.5, 0.6) is 0 Å². The van der Waals surface area contributed by atoms with Crippen molar-refractivity contribution >= 4 is 29.1 Å². The minimum atomic E-state index is -4.64. The Morgan fingerprint density at radius 3 is 2.71 bits per heavy atom. The van der Waals surface area contributed by atoms with Crippen molar-refractivity contribution in [2.24, 2.45) is 5.92 Å². The van der Waals surface area contributed by atoms with Gasteiger partial charge < -0.3 is 10.2 Å². The molecule has 2 unspecified atom stereocenters. The third-order valence-corrected chi connectivity index (χ3v) is 4.43. The van der Waals surface area contributed by atoms with Crippen molar-refractivity contribution in [1.82, 2.24) is 4.90 Å². The van der Waals surface area contributed by atoms with E-state index in [1.54, 1.807) is 4.90 Å². The molecule has 0 spiro atoms. The van der Waals surface area contributed by atoms with Crippen LogP contribution in [0.15, 0.2) is 18.2 Å². The van der Waals surface area contributed by atoms with E-state index in [0.29, 0.717) is 0 Å². The molecule has 8 heteroatoms. The summed E-state index contributed by atoms with van der Waals surface area (Å²) in [7, 11) is 0. The van der Waals surface area contributed by atoms with Crippen LogP contribution in [-0.4, -0.2) is 29.3 Å². The number of nitrogens with one attached hydrogen (secondary N) is 1. The molecule has 1 N–H and O–H groups in total. The van der Waals surface area contributed by atoms with Crippen molar-refractivity contribution in [1.29, 1.82) is 0 Å². The van der Waals surface area contributed by atoms with Crippen LogP contribution in [-0.2, 0) is 15.8 Å². The van der Waals surface area contributed by atoms with Gasteiger partial charge in [-0.3, -0.25) is 9.59 Å². The molecule has 2 amide bonds. The number of anilines is 1. The Labute approximate surface area is 143 Å². The normalized spacial score (nSPS) is 19.5. The van der Waals surface area contributed by atoms with Gasteiger partial charge in [-0.25, -0.2) is 0 Å². The van der Waals surface area contributed by atoms with E-state index in [1.165, 1.54) is 6.07 Å². The summed E-state index contributed by atoms with van der Waals surface area (Å²) in [6.45, 7) is 4.02. The summed E-state index contributed by atoms with van der Waals surface area (Å²) in [5, 5.41) is 2.22. The number of carbonyl (C=O) groups excluding carboxylic acids is 2. The number of alkyl halides is 3. The zero-order valence-electron chi connectivity index (χ0n) is 13.3. The molecule has 0 radical (unpaired) electrons. The van der Waals surface area contributed by atoms with Gasteiger partial charge >= 0.3 is 6.18 Å². The number of hydrogen-bond donors (Lipinski definition) is 1. The molecule has 1 fully saturated rings. The highest BCUT2D eigenvalue weighted by Gasteiger charge is 2.38. The van der Waals surface area contributed by atoms with E-state index >= 15 is 0 Å². The lowest BCUT2D eigenvalue weighted by atomic mass is 10.1. The maximum absolute atomic E-state index is 13.1. The zero-order valence-corrected chi connectivity index (χ0v) is 14.0. The lowest BCUT2D eigenvalue weighted by molar-refractivity contribution is -0.137. The fourth-order valence-electron chi connectivity index (χ4n) is 2.65. The first-order valence-corrected chi connectivity index (χ1v) is 7.98. The molecule has 1 aliphatic rings. The predicted octanol–water partition coefficient (Wildman–Crippen LogP) is 3.94. The number of nitrogens with zero attached hydrogens (tertiary/aromatic N) is 1. The minimum absolute atomic E-state index is 0.00318. The molecule has 0 saturated carbocycles. The lowest BCUT2D eigenvalue weighted by Crippen LogP contribution is -2.35. The number of benzene rings is 1. The van der Waals surface area contributed by atoms with Gasteiger partial charge in [-0.1, -0.05) is 18.5 Å².